The molecule has 1 amide bonds. The molecule has 7 nitrogen and oxygen atoms in total. The maximum absolute atomic E-state index is 12.4. The maximum Gasteiger partial charge on any atom is 0.304 e. The number of nitrogens with zero attached hydrogens (tertiary/aromatic N) is 3. The molecule has 0 saturated heterocycles. The molecule has 1 atom stereocenters. The first-order valence-corrected chi connectivity index (χ1v) is 6.14. The minimum absolute atomic E-state index is 0.0507. The van der Waals surface area contributed by atoms with Gasteiger partial charge in [0.05, 0.1) is 16.9 Å². The molecule has 7 heteroatoms. The van der Waals surface area contributed by atoms with E-state index in [0.29, 0.717) is 6.54 Å². The fourth-order valence-corrected chi connectivity index (χ4v) is 1.84. The summed E-state index contributed by atoms with van der Waals surface area (Å²) in [6, 6.07) is 6.28. The summed E-state index contributed by atoms with van der Waals surface area (Å²) in [6.45, 7) is 4.01. The number of anilines is 1. The highest BCUT2D eigenvalue weighted by molar-refractivity contribution is 6.00. The van der Waals surface area contributed by atoms with Crippen LogP contribution in [-0.4, -0.2) is 28.8 Å². The van der Waals surface area contributed by atoms with E-state index in [-0.39, 0.29) is 29.4 Å². The number of nitro benzene ring substituents is 1. The number of nitrogen functional groups attached to an aromatic ring is 1. The summed E-state index contributed by atoms with van der Waals surface area (Å²) < 4.78 is 0. The quantitative estimate of drug-likeness (QED) is 0.500. The van der Waals surface area contributed by atoms with Crippen LogP contribution in [0.15, 0.2) is 18.2 Å². The predicted molar refractivity (Wildman–Crippen MR) is 73.9 cm³/mol. The molecule has 0 aliphatic heterocycles. The number of nitrogens with two attached hydrogens (primary N) is 1. The Hall–Kier alpha value is -2.62. The summed E-state index contributed by atoms with van der Waals surface area (Å²) in [7, 11) is 0. The van der Waals surface area contributed by atoms with Crippen molar-refractivity contribution >= 4 is 17.3 Å². The van der Waals surface area contributed by atoms with Crippen molar-refractivity contribution in [1.82, 2.24) is 4.90 Å². The number of nitriles is 1. The number of nitro groups is 1. The van der Waals surface area contributed by atoms with Crippen LogP contribution in [0.4, 0.5) is 11.4 Å². The second-order valence-electron chi connectivity index (χ2n) is 4.37. The van der Waals surface area contributed by atoms with Gasteiger partial charge in [-0.3, -0.25) is 14.9 Å². The van der Waals surface area contributed by atoms with Gasteiger partial charge in [0.25, 0.3) is 5.91 Å². The zero-order valence-corrected chi connectivity index (χ0v) is 11.4. The molecule has 1 aromatic rings. The van der Waals surface area contributed by atoms with Gasteiger partial charge in [-0.05, 0) is 26.0 Å². The molecule has 106 valence electrons. The molecule has 1 aromatic carbocycles. The van der Waals surface area contributed by atoms with Crippen molar-refractivity contribution in [3.8, 4) is 6.07 Å². The van der Waals surface area contributed by atoms with E-state index in [9.17, 15) is 14.9 Å². The van der Waals surface area contributed by atoms with Crippen molar-refractivity contribution in [2.24, 2.45) is 5.92 Å². The fourth-order valence-electron chi connectivity index (χ4n) is 1.84. The number of carbonyl (C=O) groups is 1. The first kappa shape index (κ1) is 15.4. The molecule has 0 bridgehead atoms. The molecule has 20 heavy (non-hydrogen) atoms. The average molecular weight is 276 g/mol. The van der Waals surface area contributed by atoms with Crippen LogP contribution in [0.5, 0.6) is 0 Å². The zero-order chi connectivity index (χ0) is 15.3. The molecule has 0 spiro atoms. The van der Waals surface area contributed by atoms with Crippen molar-refractivity contribution < 1.29 is 9.72 Å². The lowest BCUT2D eigenvalue weighted by molar-refractivity contribution is -0.384. The number of hydrogen-bond acceptors (Lipinski definition) is 5. The zero-order valence-electron chi connectivity index (χ0n) is 11.4. The number of amides is 1. The highest BCUT2D eigenvalue weighted by atomic mass is 16.6. The minimum Gasteiger partial charge on any atom is -0.393 e. The molecule has 0 fully saturated rings. The van der Waals surface area contributed by atoms with Gasteiger partial charge in [0, 0.05) is 13.1 Å². The molecular weight excluding hydrogens is 260 g/mol. The van der Waals surface area contributed by atoms with Crippen LogP contribution in [0, 0.1) is 27.4 Å². The van der Waals surface area contributed by atoms with Crippen LogP contribution in [0.1, 0.15) is 24.2 Å². The standard InChI is InChI=1S/C13H16N4O3/c1-3-16(8-9(2)7-14)13(18)10-5-4-6-11(15)12(10)17(19)20/h4-6,9H,3,8,15H2,1-2H3. The highest BCUT2D eigenvalue weighted by Gasteiger charge is 2.26. The summed E-state index contributed by atoms with van der Waals surface area (Å²) in [5.41, 5.74) is 5.07. The van der Waals surface area contributed by atoms with E-state index >= 15 is 0 Å². The van der Waals surface area contributed by atoms with Crippen molar-refractivity contribution in [3.63, 3.8) is 0 Å². The van der Waals surface area contributed by atoms with Gasteiger partial charge in [0.1, 0.15) is 11.3 Å². The Kier molecular flexibility index (Phi) is 5.03. The van der Waals surface area contributed by atoms with Gasteiger partial charge < -0.3 is 10.6 Å². The fraction of sp³-hybridized carbons (Fsp3) is 0.385. The second kappa shape index (κ2) is 6.52. The van der Waals surface area contributed by atoms with Crippen molar-refractivity contribution in [2.45, 2.75) is 13.8 Å². The van der Waals surface area contributed by atoms with Crippen molar-refractivity contribution in [2.75, 3.05) is 18.8 Å². The van der Waals surface area contributed by atoms with E-state index in [4.69, 9.17) is 11.0 Å². The summed E-state index contributed by atoms with van der Waals surface area (Å²) in [6.07, 6.45) is 0. The molecule has 0 aliphatic rings. The Morgan fingerprint density at radius 3 is 2.75 bits per heavy atom. The maximum atomic E-state index is 12.4. The molecule has 0 aliphatic carbocycles. The molecule has 0 aromatic heterocycles. The Labute approximate surface area is 116 Å². The van der Waals surface area contributed by atoms with Gasteiger partial charge in [0.15, 0.2) is 0 Å². The third-order valence-corrected chi connectivity index (χ3v) is 2.86. The monoisotopic (exact) mass is 276 g/mol. The smallest absolute Gasteiger partial charge is 0.304 e. The average Bonchev–Trinajstić information content (AvgIpc) is 2.42. The SMILES string of the molecule is CCN(CC(C)C#N)C(=O)c1cccc(N)c1[N+](=O)[O-]. The van der Waals surface area contributed by atoms with Gasteiger partial charge in [-0.1, -0.05) is 6.07 Å². The van der Waals surface area contributed by atoms with E-state index < -0.39 is 10.8 Å². The van der Waals surface area contributed by atoms with Gasteiger partial charge in [-0.2, -0.15) is 5.26 Å². The van der Waals surface area contributed by atoms with Crippen LogP contribution in [0.25, 0.3) is 0 Å². The number of benzene rings is 1. The molecule has 2 N–H and O–H groups in total. The number of carbonyl (C=O) groups excluding carboxylic acids is 1. The van der Waals surface area contributed by atoms with Crippen LogP contribution in [0.3, 0.4) is 0 Å². The summed E-state index contributed by atoms with van der Waals surface area (Å²) >= 11 is 0. The van der Waals surface area contributed by atoms with E-state index in [1.54, 1.807) is 13.8 Å². The molecule has 1 unspecified atom stereocenters. The molecule has 0 radical (unpaired) electrons. The lowest BCUT2D eigenvalue weighted by Gasteiger charge is -2.22. The Bertz CT molecular complexity index is 565. The topological polar surface area (TPSA) is 113 Å². The van der Waals surface area contributed by atoms with Crippen LogP contribution < -0.4 is 5.73 Å². The Morgan fingerprint density at radius 1 is 1.60 bits per heavy atom. The van der Waals surface area contributed by atoms with Crippen molar-refractivity contribution in [3.05, 3.63) is 33.9 Å². The number of rotatable bonds is 5. The second-order valence-corrected chi connectivity index (χ2v) is 4.37. The van der Waals surface area contributed by atoms with Gasteiger partial charge in [0.2, 0.25) is 0 Å². The summed E-state index contributed by atoms with van der Waals surface area (Å²) in [4.78, 5) is 24.1. The molecule has 1 rings (SSSR count). The number of para-hydroxylation sites is 1. The van der Waals surface area contributed by atoms with Gasteiger partial charge in [-0.15, -0.1) is 0 Å². The Balaban J connectivity index is 3.17. The molecule has 0 heterocycles. The Morgan fingerprint density at radius 2 is 2.25 bits per heavy atom. The largest absolute Gasteiger partial charge is 0.393 e. The minimum atomic E-state index is -0.663. The summed E-state index contributed by atoms with van der Waals surface area (Å²) in [5.74, 6) is -0.840. The lowest BCUT2D eigenvalue weighted by atomic mass is 10.1. The van der Waals surface area contributed by atoms with Gasteiger partial charge >= 0.3 is 5.69 Å². The van der Waals surface area contributed by atoms with Crippen LogP contribution in [-0.2, 0) is 0 Å². The first-order valence-electron chi connectivity index (χ1n) is 6.14. The van der Waals surface area contributed by atoms with Crippen molar-refractivity contribution in [1.29, 1.82) is 5.26 Å². The summed E-state index contributed by atoms with van der Waals surface area (Å²) in [5, 5.41) is 19.8. The highest BCUT2D eigenvalue weighted by Crippen LogP contribution is 2.27. The normalized spacial score (nSPS) is 11.4. The predicted octanol–water partition coefficient (Wildman–Crippen LogP) is 1.80. The van der Waals surface area contributed by atoms with Crippen LogP contribution >= 0.6 is 0 Å². The molecular formula is C13H16N4O3. The first-order chi connectivity index (χ1) is 9.42. The van der Waals surface area contributed by atoms with E-state index in [1.165, 1.54) is 23.1 Å². The van der Waals surface area contributed by atoms with E-state index in [0.717, 1.165) is 0 Å². The number of hydrogen-bond donors (Lipinski definition) is 1. The lowest BCUT2D eigenvalue weighted by Crippen LogP contribution is -2.34. The molecule has 0 saturated carbocycles. The van der Waals surface area contributed by atoms with E-state index in [2.05, 4.69) is 0 Å². The van der Waals surface area contributed by atoms with Gasteiger partial charge in [-0.25, -0.2) is 0 Å². The van der Waals surface area contributed by atoms with Crippen LogP contribution in [0.2, 0.25) is 0 Å². The third-order valence-electron chi connectivity index (χ3n) is 2.86. The third kappa shape index (κ3) is 3.23. The van der Waals surface area contributed by atoms with E-state index in [1.807, 2.05) is 6.07 Å².